The number of oxazole rings is 1. The van der Waals surface area contributed by atoms with E-state index in [9.17, 15) is 14.9 Å². The van der Waals surface area contributed by atoms with Gasteiger partial charge in [-0.3, -0.25) is 14.9 Å². The van der Waals surface area contributed by atoms with Crippen molar-refractivity contribution in [2.75, 3.05) is 36.5 Å². The topological polar surface area (TPSA) is 111 Å². The quantitative estimate of drug-likeness (QED) is 0.309. The smallest absolute Gasteiger partial charge is 0.293 e. The average Bonchev–Trinajstić information content (AvgIpc) is 3.32. The first-order valence-electron chi connectivity index (χ1n) is 11.4. The Morgan fingerprint density at radius 2 is 1.94 bits per heavy atom. The van der Waals surface area contributed by atoms with E-state index in [0.29, 0.717) is 54.7 Å². The molecule has 0 saturated carbocycles. The number of amides is 1. The number of benzene rings is 3. The highest BCUT2D eigenvalue weighted by Crippen LogP contribution is 2.31. The van der Waals surface area contributed by atoms with Crippen LogP contribution in [-0.4, -0.2) is 42.1 Å². The third-order valence-electron chi connectivity index (χ3n) is 6.01. The number of nitro groups is 1. The number of nitrogens with zero attached hydrogens (tertiary/aromatic N) is 3. The second-order valence-electron chi connectivity index (χ2n) is 8.27. The van der Waals surface area contributed by atoms with Gasteiger partial charge in [-0.05, 0) is 54.4 Å². The maximum Gasteiger partial charge on any atom is 0.293 e. The lowest BCUT2D eigenvalue weighted by Crippen LogP contribution is -2.36. The molecule has 178 valence electrons. The van der Waals surface area contributed by atoms with Gasteiger partial charge in [-0.25, -0.2) is 4.98 Å². The number of hydrogen-bond donors (Lipinski definition) is 1. The number of hydrogen-bond acceptors (Lipinski definition) is 7. The van der Waals surface area contributed by atoms with E-state index in [1.807, 2.05) is 29.2 Å². The van der Waals surface area contributed by atoms with Crippen LogP contribution < -0.4 is 10.2 Å². The predicted molar refractivity (Wildman–Crippen MR) is 133 cm³/mol. The molecule has 4 aromatic rings. The van der Waals surface area contributed by atoms with Crippen molar-refractivity contribution in [1.82, 2.24) is 4.98 Å². The molecule has 9 heteroatoms. The lowest BCUT2D eigenvalue weighted by atomic mass is 10.1. The Bertz CT molecular complexity index is 1410. The largest absolute Gasteiger partial charge is 0.436 e. The predicted octanol–water partition coefficient (Wildman–Crippen LogP) is 5.05. The van der Waals surface area contributed by atoms with E-state index in [2.05, 4.69) is 17.2 Å². The third kappa shape index (κ3) is 4.71. The minimum absolute atomic E-state index is 0.105. The van der Waals surface area contributed by atoms with Crippen LogP contribution in [-0.2, 0) is 11.2 Å². The number of carbonyl (C=O) groups excluding carboxylic acids is 1. The number of rotatable bonds is 6. The van der Waals surface area contributed by atoms with Gasteiger partial charge in [0.25, 0.3) is 11.6 Å². The van der Waals surface area contributed by atoms with Gasteiger partial charge < -0.3 is 19.4 Å². The number of ether oxygens (including phenoxy) is 1. The van der Waals surface area contributed by atoms with Crippen molar-refractivity contribution in [3.8, 4) is 11.5 Å². The number of aromatic nitrogens is 1. The van der Waals surface area contributed by atoms with E-state index in [0.717, 1.165) is 11.9 Å². The molecule has 1 amide bonds. The fourth-order valence-corrected chi connectivity index (χ4v) is 4.13. The monoisotopic (exact) mass is 472 g/mol. The zero-order chi connectivity index (χ0) is 24.4. The van der Waals surface area contributed by atoms with Gasteiger partial charge in [0, 0.05) is 36.0 Å². The van der Waals surface area contributed by atoms with Gasteiger partial charge in [0.2, 0.25) is 5.89 Å². The molecule has 2 heterocycles. The Morgan fingerprint density at radius 1 is 1.11 bits per heavy atom. The fourth-order valence-electron chi connectivity index (χ4n) is 4.13. The van der Waals surface area contributed by atoms with Gasteiger partial charge in [-0.2, -0.15) is 0 Å². The molecule has 1 aliphatic heterocycles. The summed E-state index contributed by atoms with van der Waals surface area (Å²) in [4.78, 5) is 30.7. The minimum Gasteiger partial charge on any atom is -0.436 e. The number of nitro benzene ring substituents is 1. The highest BCUT2D eigenvalue weighted by Gasteiger charge is 2.23. The molecule has 0 unspecified atom stereocenters. The Hall–Kier alpha value is -4.24. The van der Waals surface area contributed by atoms with Gasteiger partial charge >= 0.3 is 0 Å². The number of nitrogens with one attached hydrogen (secondary N) is 1. The molecule has 3 aromatic carbocycles. The average molecular weight is 473 g/mol. The van der Waals surface area contributed by atoms with Crippen molar-refractivity contribution in [1.29, 1.82) is 0 Å². The number of aryl methyl sites for hydroxylation is 1. The second kappa shape index (κ2) is 9.55. The van der Waals surface area contributed by atoms with Crippen LogP contribution in [0.2, 0.25) is 0 Å². The number of anilines is 2. The Balaban J connectivity index is 1.38. The summed E-state index contributed by atoms with van der Waals surface area (Å²) in [6, 6.07) is 17.6. The SMILES string of the molecule is CCc1ccc2oc(-c3cccc(NC(=O)c4ccc(N5CCOCC5)c([N+](=O)[O-])c4)c3)nc2c1. The van der Waals surface area contributed by atoms with Crippen molar-refractivity contribution in [2.24, 2.45) is 0 Å². The fraction of sp³-hybridized carbons (Fsp3) is 0.231. The second-order valence-corrected chi connectivity index (χ2v) is 8.27. The van der Waals surface area contributed by atoms with Crippen molar-refractivity contribution in [3.05, 3.63) is 81.9 Å². The van der Waals surface area contributed by atoms with E-state index in [4.69, 9.17) is 9.15 Å². The van der Waals surface area contributed by atoms with Crippen LogP contribution in [0.5, 0.6) is 0 Å². The molecule has 1 N–H and O–H groups in total. The Labute approximate surface area is 201 Å². The summed E-state index contributed by atoms with van der Waals surface area (Å²) in [6.45, 7) is 4.23. The maximum atomic E-state index is 12.9. The molecule has 1 aliphatic rings. The zero-order valence-corrected chi connectivity index (χ0v) is 19.2. The molecular formula is C26H24N4O5. The Kier molecular flexibility index (Phi) is 6.15. The van der Waals surface area contributed by atoms with Crippen LogP contribution in [0.3, 0.4) is 0 Å². The first kappa shape index (κ1) is 22.5. The molecule has 35 heavy (non-hydrogen) atoms. The third-order valence-corrected chi connectivity index (χ3v) is 6.01. The highest BCUT2D eigenvalue weighted by atomic mass is 16.6. The van der Waals surface area contributed by atoms with Crippen LogP contribution in [0.15, 0.2) is 65.1 Å². The van der Waals surface area contributed by atoms with Crippen LogP contribution in [0.4, 0.5) is 17.1 Å². The van der Waals surface area contributed by atoms with Gasteiger partial charge in [0.05, 0.1) is 18.1 Å². The van der Waals surface area contributed by atoms with Gasteiger partial charge in [-0.15, -0.1) is 0 Å². The zero-order valence-electron chi connectivity index (χ0n) is 19.2. The van der Waals surface area contributed by atoms with Gasteiger partial charge in [0.1, 0.15) is 11.2 Å². The van der Waals surface area contributed by atoms with Crippen LogP contribution >= 0.6 is 0 Å². The lowest BCUT2D eigenvalue weighted by molar-refractivity contribution is -0.384. The Morgan fingerprint density at radius 3 is 2.71 bits per heavy atom. The van der Waals surface area contributed by atoms with Crippen molar-refractivity contribution in [2.45, 2.75) is 13.3 Å². The number of fused-ring (bicyclic) bond motifs is 1. The molecule has 5 rings (SSSR count). The molecule has 9 nitrogen and oxygen atoms in total. The molecule has 1 aromatic heterocycles. The van der Waals surface area contributed by atoms with Gasteiger partial charge in [0.15, 0.2) is 5.58 Å². The van der Waals surface area contributed by atoms with E-state index in [1.165, 1.54) is 11.6 Å². The van der Waals surface area contributed by atoms with E-state index in [1.54, 1.807) is 30.3 Å². The molecule has 0 radical (unpaired) electrons. The van der Waals surface area contributed by atoms with Crippen molar-refractivity contribution >= 4 is 34.1 Å². The van der Waals surface area contributed by atoms with Gasteiger partial charge in [-0.1, -0.05) is 19.1 Å². The first-order valence-corrected chi connectivity index (χ1v) is 11.4. The summed E-state index contributed by atoms with van der Waals surface area (Å²) in [5, 5.41) is 14.5. The van der Waals surface area contributed by atoms with E-state index in [-0.39, 0.29) is 11.3 Å². The van der Waals surface area contributed by atoms with Crippen LogP contribution in [0.1, 0.15) is 22.8 Å². The molecule has 0 bridgehead atoms. The van der Waals surface area contributed by atoms with E-state index >= 15 is 0 Å². The standard InChI is InChI=1S/C26H24N4O5/c1-2-17-6-9-24-21(14-17)28-26(35-24)19-4-3-5-20(15-19)27-25(31)18-7-8-22(23(16-18)30(32)33)29-10-12-34-13-11-29/h3-9,14-16H,2,10-13H2,1H3,(H,27,31). The summed E-state index contributed by atoms with van der Waals surface area (Å²) in [5.41, 5.74) is 4.47. The number of carbonyl (C=O) groups is 1. The van der Waals surface area contributed by atoms with Crippen LogP contribution in [0, 0.1) is 10.1 Å². The van der Waals surface area contributed by atoms with Crippen molar-refractivity contribution in [3.63, 3.8) is 0 Å². The molecule has 0 spiro atoms. The summed E-state index contributed by atoms with van der Waals surface area (Å²) in [7, 11) is 0. The summed E-state index contributed by atoms with van der Waals surface area (Å²) in [6.07, 6.45) is 0.908. The lowest BCUT2D eigenvalue weighted by Gasteiger charge is -2.28. The summed E-state index contributed by atoms with van der Waals surface area (Å²) < 4.78 is 11.2. The summed E-state index contributed by atoms with van der Waals surface area (Å²) >= 11 is 0. The molecule has 1 saturated heterocycles. The maximum absolute atomic E-state index is 12.9. The van der Waals surface area contributed by atoms with Crippen molar-refractivity contribution < 1.29 is 18.9 Å². The molecule has 0 atom stereocenters. The minimum atomic E-state index is -0.459. The highest BCUT2D eigenvalue weighted by molar-refractivity contribution is 6.05. The first-order chi connectivity index (χ1) is 17.0. The summed E-state index contributed by atoms with van der Waals surface area (Å²) in [5.74, 6) is 0.0128. The number of morpholine rings is 1. The normalized spacial score (nSPS) is 13.7. The molecular weight excluding hydrogens is 448 g/mol. The molecule has 0 aliphatic carbocycles. The van der Waals surface area contributed by atoms with Crippen LogP contribution in [0.25, 0.3) is 22.6 Å². The molecule has 1 fully saturated rings. The van der Waals surface area contributed by atoms with E-state index < -0.39 is 10.8 Å².